The molecule has 1 aromatic carbocycles. The number of methoxy groups -OCH3 is 1. The average molecular weight is 307 g/mol. The zero-order valence-electron chi connectivity index (χ0n) is 11.4. The van der Waals surface area contributed by atoms with E-state index in [9.17, 15) is 9.90 Å². The van der Waals surface area contributed by atoms with Crippen LogP contribution in [-0.4, -0.2) is 29.7 Å². The van der Waals surface area contributed by atoms with Gasteiger partial charge in [-0.15, -0.1) is 0 Å². The third-order valence-corrected chi connectivity index (χ3v) is 3.12. The van der Waals surface area contributed by atoms with Gasteiger partial charge in [-0.2, -0.15) is 0 Å². The molecule has 2 N–H and O–H groups in total. The minimum atomic E-state index is -0.823. The Kier molecular flexibility index (Phi) is 5.14. The summed E-state index contributed by atoms with van der Waals surface area (Å²) < 4.78 is 5.09. The number of halogens is 1. The molecule has 1 aromatic heterocycles. The van der Waals surface area contributed by atoms with Gasteiger partial charge in [0.2, 0.25) is 0 Å². The highest BCUT2D eigenvalue weighted by Crippen LogP contribution is 2.18. The molecule has 0 saturated carbocycles. The SMILES string of the molecule is COc1cccc(C(O)CNC(=O)c2ccc(Cl)cn2)c1. The standard InChI is InChI=1S/C15H15ClN2O3/c1-21-12-4-2-3-10(7-12)14(19)9-18-15(20)13-6-5-11(16)8-17-13/h2-8,14,19H,9H2,1H3,(H,18,20). The average Bonchev–Trinajstić information content (AvgIpc) is 2.53. The van der Waals surface area contributed by atoms with E-state index in [1.807, 2.05) is 0 Å². The molecule has 6 heteroatoms. The number of pyridine rings is 1. The lowest BCUT2D eigenvalue weighted by atomic mass is 10.1. The molecule has 110 valence electrons. The lowest BCUT2D eigenvalue weighted by Crippen LogP contribution is -2.29. The second kappa shape index (κ2) is 7.06. The van der Waals surface area contributed by atoms with Crippen LogP contribution in [0.15, 0.2) is 42.6 Å². The normalized spacial score (nSPS) is 11.8. The maximum Gasteiger partial charge on any atom is 0.269 e. The summed E-state index contributed by atoms with van der Waals surface area (Å²) in [5, 5.41) is 13.1. The summed E-state index contributed by atoms with van der Waals surface area (Å²) in [5.41, 5.74) is 0.913. The maximum absolute atomic E-state index is 11.9. The van der Waals surface area contributed by atoms with Crippen molar-refractivity contribution in [3.05, 3.63) is 58.9 Å². The summed E-state index contributed by atoms with van der Waals surface area (Å²) in [6, 6.07) is 10.2. The lowest BCUT2D eigenvalue weighted by Gasteiger charge is -2.13. The summed E-state index contributed by atoms with van der Waals surface area (Å²) in [6.45, 7) is 0.0797. The van der Waals surface area contributed by atoms with Gasteiger partial charge in [0.25, 0.3) is 5.91 Å². The van der Waals surface area contributed by atoms with Crippen LogP contribution >= 0.6 is 11.6 Å². The number of nitrogens with zero attached hydrogens (tertiary/aromatic N) is 1. The first-order chi connectivity index (χ1) is 10.1. The maximum atomic E-state index is 11.9. The van der Waals surface area contributed by atoms with Crippen LogP contribution < -0.4 is 10.1 Å². The third-order valence-electron chi connectivity index (χ3n) is 2.89. The predicted molar refractivity (Wildman–Crippen MR) is 79.5 cm³/mol. The van der Waals surface area contributed by atoms with Crippen molar-refractivity contribution in [2.75, 3.05) is 13.7 Å². The second-order valence-corrected chi connectivity index (χ2v) is 4.80. The highest BCUT2D eigenvalue weighted by atomic mass is 35.5. The highest BCUT2D eigenvalue weighted by Gasteiger charge is 2.12. The van der Waals surface area contributed by atoms with Crippen LogP contribution in [0.5, 0.6) is 5.75 Å². The molecule has 0 radical (unpaired) electrons. The van der Waals surface area contributed by atoms with E-state index in [2.05, 4.69) is 10.3 Å². The Morgan fingerprint density at radius 3 is 2.90 bits per heavy atom. The molecule has 0 spiro atoms. The molecular formula is C15H15ClN2O3. The van der Waals surface area contributed by atoms with E-state index in [4.69, 9.17) is 16.3 Å². The fraction of sp³-hybridized carbons (Fsp3) is 0.200. The van der Waals surface area contributed by atoms with Gasteiger partial charge in [-0.1, -0.05) is 23.7 Å². The Morgan fingerprint density at radius 2 is 2.24 bits per heavy atom. The Balaban J connectivity index is 1.95. The molecular weight excluding hydrogens is 292 g/mol. The quantitative estimate of drug-likeness (QED) is 0.888. The minimum absolute atomic E-state index is 0.0797. The van der Waals surface area contributed by atoms with E-state index in [1.54, 1.807) is 37.4 Å². The first-order valence-corrected chi connectivity index (χ1v) is 6.69. The van der Waals surface area contributed by atoms with E-state index in [1.165, 1.54) is 12.3 Å². The van der Waals surface area contributed by atoms with Crippen LogP contribution in [0.2, 0.25) is 5.02 Å². The van der Waals surface area contributed by atoms with Crippen LogP contribution in [0.4, 0.5) is 0 Å². The van der Waals surface area contributed by atoms with E-state index < -0.39 is 6.10 Å². The zero-order chi connectivity index (χ0) is 15.2. The van der Waals surface area contributed by atoms with Crippen LogP contribution in [0.3, 0.4) is 0 Å². The highest BCUT2D eigenvalue weighted by molar-refractivity contribution is 6.30. The molecule has 1 unspecified atom stereocenters. The number of hydrogen-bond donors (Lipinski definition) is 2. The lowest BCUT2D eigenvalue weighted by molar-refractivity contribution is 0.0911. The zero-order valence-corrected chi connectivity index (χ0v) is 12.2. The molecule has 1 amide bonds. The molecule has 5 nitrogen and oxygen atoms in total. The van der Waals surface area contributed by atoms with Crippen LogP contribution in [0.1, 0.15) is 22.2 Å². The number of rotatable bonds is 5. The molecule has 2 aromatic rings. The molecule has 0 aliphatic heterocycles. The molecule has 0 saturated heterocycles. The molecule has 21 heavy (non-hydrogen) atoms. The molecule has 1 atom stereocenters. The number of carbonyl (C=O) groups is 1. The molecule has 0 fully saturated rings. The van der Waals surface area contributed by atoms with Crippen LogP contribution in [-0.2, 0) is 0 Å². The molecule has 0 aliphatic carbocycles. The van der Waals surface area contributed by atoms with Crippen molar-refractivity contribution in [2.45, 2.75) is 6.10 Å². The number of hydrogen-bond acceptors (Lipinski definition) is 4. The minimum Gasteiger partial charge on any atom is -0.497 e. The Labute approximate surface area is 127 Å². The van der Waals surface area contributed by atoms with E-state index in [0.717, 1.165) is 0 Å². The topological polar surface area (TPSA) is 71.5 Å². The fourth-order valence-corrected chi connectivity index (χ4v) is 1.87. The summed E-state index contributed by atoms with van der Waals surface area (Å²) >= 11 is 5.71. The van der Waals surface area contributed by atoms with Gasteiger partial charge >= 0.3 is 0 Å². The molecule has 2 rings (SSSR count). The van der Waals surface area contributed by atoms with E-state index >= 15 is 0 Å². The summed E-state index contributed by atoms with van der Waals surface area (Å²) in [7, 11) is 1.56. The summed E-state index contributed by atoms with van der Waals surface area (Å²) in [5.74, 6) is 0.283. The smallest absolute Gasteiger partial charge is 0.269 e. The molecule has 1 heterocycles. The molecule has 0 bridgehead atoms. The predicted octanol–water partition coefficient (Wildman–Crippen LogP) is 2.21. The van der Waals surface area contributed by atoms with Gasteiger partial charge in [0.05, 0.1) is 18.2 Å². The van der Waals surface area contributed by atoms with Crippen molar-refractivity contribution in [1.29, 1.82) is 0 Å². The van der Waals surface area contributed by atoms with Gasteiger partial charge in [0, 0.05) is 12.7 Å². The van der Waals surface area contributed by atoms with Gasteiger partial charge in [0.15, 0.2) is 0 Å². The van der Waals surface area contributed by atoms with Gasteiger partial charge in [0.1, 0.15) is 11.4 Å². The fourth-order valence-electron chi connectivity index (χ4n) is 1.76. The number of ether oxygens (including phenoxy) is 1. The number of aliphatic hydroxyl groups excluding tert-OH is 1. The van der Waals surface area contributed by atoms with Gasteiger partial charge in [-0.25, -0.2) is 4.98 Å². The summed E-state index contributed by atoms with van der Waals surface area (Å²) in [4.78, 5) is 15.8. The van der Waals surface area contributed by atoms with Crippen molar-refractivity contribution in [3.63, 3.8) is 0 Å². The van der Waals surface area contributed by atoms with Crippen molar-refractivity contribution in [3.8, 4) is 5.75 Å². The number of benzene rings is 1. The van der Waals surface area contributed by atoms with Gasteiger partial charge in [-0.05, 0) is 29.8 Å². The third kappa shape index (κ3) is 4.18. The Hall–Kier alpha value is -2.11. The van der Waals surface area contributed by atoms with Crippen LogP contribution in [0.25, 0.3) is 0 Å². The first-order valence-electron chi connectivity index (χ1n) is 6.32. The van der Waals surface area contributed by atoms with E-state index in [-0.39, 0.29) is 18.1 Å². The number of carbonyl (C=O) groups excluding carboxylic acids is 1. The second-order valence-electron chi connectivity index (χ2n) is 4.36. The Bertz CT molecular complexity index is 617. The van der Waals surface area contributed by atoms with Gasteiger partial charge < -0.3 is 15.2 Å². The van der Waals surface area contributed by atoms with Crippen molar-refractivity contribution >= 4 is 17.5 Å². The number of amides is 1. The van der Waals surface area contributed by atoms with Crippen LogP contribution in [0, 0.1) is 0 Å². The monoisotopic (exact) mass is 306 g/mol. The van der Waals surface area contributed by atoms with Crippen molar-refractivity contribution < 1.29 is 14.6 Å². The summed E-state index contributed by atoms with van der Waals surface area (Å²) in [6.07, 6.45) is 0.575. The van der Waals surface area contributed by atoms with E-state index in [0.29, 0.717) is 16.3 Å². The first kappa shape index (κ1) is 15.3. The van der Waals surface area contributed by atoms with Crippen molar-refractivity contribution in [2.24, 2.45) is 0 Å². The number of aliphatic hydroxyl groups is 1. The Morgan fingerprint density at radius 1 is 1.43 bits per heavy atom. The van der Waals surface area contributed by atoms with Gasteiger partial charge in [-0.3, -0.25) is 4.79 Å². The van der Waals surface area contributed by atoms with Crippen molar-refractivity contribution in [1.82, 2.24) is 10.3 Å². The largest absolute Gasteiger partial charge is 0.497 e. The number of nitrogens with one attached hydrogen (secondary N) is 1. The molecule has 0 aliphatic rings. The number of aromatic nitrogens is 1.